The number of ether oxygens (including phenoxy) is 1. The van der Waals surface area contributed by atoms with Crippen LogP contribution in [0.5, 0.6) is 0 Å². The molecule has 0 atom stereocenters. The lowest BCUT2D eigenvalue weighted by Crippen LogP contribution is -2.16. The first-order chi connectivity index (χ1) is 11.3. The van der Waals surface area contributed by atoms with Crippen molar-refractivity contribution in [2.24, 2.45) is 0 Å². The first kappa shape index (κ1) is 17.3. The Morgan fingerprint density at radius 1 is 1.08 bits per heavy atom. The number of rotatable bonds is 5. The molecule has 0 saturated heterocycles. The summed E-state index contributed by atoms with van der Waals surface area (Å²) in [5.74, 6) is -1.07. The Bertz CT molecular complexity index is 803. The van der Waals surface area contributed by atoms with Crippen molar-refractivity contribution in [1.29, 1.82) is 0 Å². The van der Waals surface area contributed by atoms with Crippen LogP contribution in [-0.4, -0.2) is 23.3 Å². The third-order valence-corrected chi connectivity index (χ3v) is 3.58. The van der Waals surface area contributed by atoms with Gasteiger partial charge in [0.2, 0.25) is 5.78 Å². The zero-order valence-corrected chi connectivity index (χ0v) is 13.7. The molecular weight excluding hydrogens is 310 g/mol. The number of hydrogen-bond acceptors (Lipinski definition) is 5. The molecule has 0 unspecified atom stereocenters. The van der Waals surface area contributed by atoms with Crippen molar-refractivity contribution in [1.82, 2.24) is 0 Å². The molecule has 24 heavy (non-hydrogen) atoms. The Morgan fingerprint density at radius 2 is 1.71 bits per heavy atom. The van der Waals surface area contributed by atoms with Gasteiger partial charge in [-0.2, -0.15) is 0 Å². The van der Waals surface area contributed by atoms with E-state index in [1.54, 1.807) is 0 Å². The lowest BCUT2D eigenvalue weighted by atomic mass is 9.97. The number of carbonyl (C=O) groups is 2. The van der Waals surface area contributed by atoms with Gasteiger partial charge in [-0.15, -0.1) is 0 Å². The molecule has 2 rings (SSSR count). The minimum Gasteiger partial charge on any atom is -0.454 e. The molecule has 0 aromatic heterocycles. The van der Waals surface area contributed by atoms with E-state index >= 15 is 0 Å². The zero-order chi connectivity index (χ0) is 17.9. The average molecular weight is 327 g/mol. The predicted molar refractivity (Wildman–Crippen MR) is 88.4 cm³/mol. The van der Waals surface area contributed by atoms with Crippen LogP contribution in [0.1, 0.15) is 37.4 Å². The molecule has 0 fully saturated rings. The van der Waals surface area contributed by atoms with E-state index in [9.17, 15) is 19.7 Å². The van der Waals surface area contributed by atoms with E-state index in [1.807, 2.05) is 32.9 Å². The van der Waals surface area contributed by atoms with Crippen LogP contribution in [0.15, 0.2) is 36.4 Å². The molecule has 124 valence electrons. The predicted octanol–water partition coefficient (Wildman–Crippen LogP) is 3.56. The van der Waals surface area contributed by atoms with Crippen LogP contribution in [0.3, 0.4) is 0 Å². The minimum absolute atomic E-state index is 0.0364. The zero-order valence-electron chi connectivity index (χ0n) is 13.7. The SMILES string of the molecule is Cc1cc(C)c(C(=O)COC(=O)c2cccc([N+](=O)[O-])c2)c(C)c1. The van der Waals surface area contributed by atoms with Crippen LogP contribution < -0.4 is 0 Å². The van der Waals surface area contributed by atoms with Crippen molar-refractivity contribution in [2.45, 2.75) is 20.8 Å². The summed E-state index contributed by atoms with van der Waals surface area (Å²) in [6.07, 6.45) is 0. The van der Waals surface area contributed by atoms with Crippen molar-refractivity contribution in [3.8, 4) is 0 Å². The molecule has 0 N–H and O–H groups in total. The van der Waals surface area contributed by atoms with Crippen molar-refractivity contribution >= 4 is 17.4 Å². The van der Waals surface area contributed by atoms with E-state index < -0.39 is 17.5 Å². The highest BCUT2D eigenvalue weighted by atomic mass is 16.6. The Kier molecular flexibility index (Phi) is 5.08. The summed E-state index contributed by atoms with van der Waals surface area (Å²) in [4.78, 5) is 34.4. The van der Waals surface area contributed by atoms with Crippen LogP contribution in [-0.2, 0) is 4.74 Å². The Labute approximate surface area is 139 Å². The number of benzene rings is 2. The highest BCUT2D eigenvalue weighted by Gasteiger charge is 2.17. The van der Waals surface area contributed by atoms with Crippen molar-refractivity contribution < 1.29 is 19.2 Å². The van der Waals surface area contributed by atoms with Gasteiger partial charge < -0.3 is 4.74 Å². The fourth-order valence-electron chi connectivity index (χ4n) is 2.65. The molecule has 0 aliphatic carbocycles. The maximum Gasteiger partial charge on any atom is 0.338 e. The van der Waals surface area contributed by atoms with E-state index in [0.717, 1.165) is 22.8 Å². The fourth-order valence-corrected chi connectivity index (χ4v) is 2.65. The van der Waals surface area contributed by atoms with Gasteiger partial charge in [0.25, 0.3) is 5.69 Å². The number of aryl methyl sites for hydroxylation is 3. The standard InChI is InChI=1S/C18H17NO5/c1-11-7-12(2)17(13(3)8-11)16(20)10-24-18(21)14-5-4-6-15(9-14)19(22)23/h4-9H,10H2,1-3H3. The summed E-state index contributed by atoms with van der Waals surface area (Å²) < 4.78 is 5.01. The van der Waals surface area contributed by atoms with Gasteiger partial charge in [-0.25, -0.2) is 4.79 Å². The molecule has 0 bridgehead atoms. The van der Waals surface area contributed by atoms with Gasteiger partial charge in [0.05, 0.1) is 10.5 Å². The monoisotopic (exact) mass is 327 g/mol. The molecule has 2 aromatic carbocycles. The average Bonchev–Trinajstić information content (AvgIpc) is 2.51. The molecule has 0 radical (unpaired) electrons. The molecule has 0 heterocycles. The Hall–Kier alpha value is -3.02. The number of nitrogens with zero attached hydrogens (tertiary/aromatic N) is 1. The highest BCUT2D eigenvalue weighted by molar-refractivity contribution is 6.01. The van der Waals surface area contributed by atoms with Gasteiger partial charge in [-0.3, -0.25) is 14.9 Å². The second-order valence-electron chi connectivity index (χ2n) is 5.58. The highest BCUT2D eigenvalue weighted by Crippen LogP contribution is 2.18. The molecule has 0 saturated carbocycles. The van der Waals surface area contributed by atoms with Crippen LogP contribution in [0.25, 0.3) is 0 Å². The molecule has 6 nitrogen and oxygen atoms in total. The summed E-state index contributed by atoms with van der Waals surface area (Å²) in [5, 5.41) is 10.7. The number of Topliss-reactive ketones (excluding diaryl/α,β-unsaturated/α-hetero) is 1. The minimum atomic E-state index is -0.769. The molecule has 0 amide bonds. The molecule has 0 aliphatic rings. The normalized spacial score (nSPS) is 10.3. The number of nitro groups is 1. The molecule has 0 aliphatic heterocycles. The van der Waals surface area contributed by atoms with Crippen molar-refractivity contribution in [3.05, 3.63) is 74.3 Å². The third kappa shape index (κ3) is 3.84. The Balaban J connectivity index is 2.11. The largest absolute Gasteiger partial charge is 0.454 e. The smallest absolute Gasteiger partial charge is 0.338 e. The summed E-state index contributed by atoms with van der Waals surface area (Å²) in [7, 11) is 0. The van der Waals surface area contributed by atoms with Gasteiger partial charge in [-0.1, -0.05) is 23.8 Å². The number of nitro benzene ring substituents is 1. The number of non-ortho nitro benzene ring substituents is 1. The van der Waals surface area contributed by atoms with Crippen LogP contribution in [0, 0.1) is 30.9 Å². The lowest BCUT2D eigenvalue weighted by molar-refractivity contribution is -0.384. The summed E-state index contributed by atoms with van der Waals surface area (Å²) in [6.45, 7) is 5.19. The topological polar surface area (TPSA) is 86.5 Å². The lowest BCUT2D eigenvalue weighted by Gasteiger charge is -2.10. The van der Waals surface area contributed by atoms with Gasteiger partial charge in [0, 0.05) is 17.7 Å². The first-order valence-electron chi connectivity index (χ1n) is 7.32. The van der Waals surface area contributed by atoms with E-state index in [4.69, 9.17) is 4.74 Å². The maximum atomic E-state index is 12.3. The van der Waals surface area contributed by atoms with E-state index in [0.29, 0.717) is 5.56 Å². The second-order valence-corrected chi connectivity index (χ2v) is 5.58. The summed E-state index contributed by atoms with van der Waals surface area (Å²) in [6, 6.07) is 8.98. The summed E-state index contributed by atoms with van der Waals surface area (Å²) >= 11 is 0. The van der Waals surface area contributed by atoms with E-state index in [-0.39, 0.29) is 17.0 Å². The second kappa shape index (κ2) is 7.04. The van der Waals surface area contributed by atoms with E-state index in [2.05, 4.69) is 0 Å². The van der Waals surface area contributed by atoms with E-state index in [1.165, 1.54) is 18.2 Å². The van der Waals surface area contributed by atoms with Gasteiger partial charge in [0.15, 0.2) is 6.61 Å². The first-order valence-corrected chi connectivity index (χ1v) is 7.32. The maximum absolute atomic E-state index is 12.3. The number of carbonyl (C=O) groups excluding carboxylic acids is 2. The number of ketones is 1. The van der Waals surface area contributed by atoms with Crippen LogP contribution in [0.4, 0.5) is 5.69 Å². The van der Waals surface area contributed by atoms with Crippen LogP contribution >= 0.6 is 0 Å². The fraction of sp³-hybridized carbons (Fsp3) is 0.222. The molecule has 6 heteroatoms. The molecular formula is C18H17NO5. The third-order valence-electron chi connectivity index (χ3n) is 3.58. The quantitative estimate of drug-likeness (QED) is 0.363. The van der Waals surface area contributed by atoms with Gasteiger partial charge >= 0.3 is 5.97 Å². The number of hydrogen-bond donors (Lipinski definition) is 0. The Morgan fingerprint density at radius 3 is 2.29 bits per heavy atom. The van der Waals surface area contributed by atoms with Gasteiger partial charge in [-0.05, 0) is 38.0 Å². The van der Waals surface area contributed by atoms with Crippen molar-refractivity contribution in [3.63, 3.8) is 0 Å². The molecule has 2 aromatic rings. The molecule has 0 spiro atoms. The summed E-state index contributed by atoms with van der Waals surface area (Å²) in [5.41, 5.74) is 3.06. The number of esters is 1. The van der Waals surface area contributed by atoms with Gasteiger partial charge in [0.1, 0.15) is 0 Å². The van der Waals surface area contributed by atoms with Crippen LogP contribution in [0.2, 0.25) is 0 Å². The van der Waals surface area contributed by atoms with Crippen molar-refractivity contribution in [2.75, 3.05) is 6.61 Å².